The van der Waals surface area contributed by atoms with Crippen molar-refractivity contribution in [2.24, 2.45) is 0 Å². The Balaban J connectivity index is 1.55. The van der Waals surface area contributed by atoms with Gasteiger partial charge in [0.2, 0.25) is 0 Å². The molecule has 1 fully saturated rings. The van der Waals surface area contributed by atoms with Crippen LogP contribution in [0.1, 0.15) is 30.4 Å². The minimum Gasteiger partial charge on any atom is -0.491 e. The van der Waals surface area contributed by atoms with E-state index in [1.807, 2.05) is 24.5 Å². The number of aliphatic hydroxyl groups is 1. The van der Waals surface area contributed by atoms with Crippen molar-refractivity contribution >= 4 is 0 Å². The summed E-state index contributed by atoms with van der Waals surface area (Å²) in [6, 6.07) is 13.1. The predicted molar refractivity (Wildman–Crippen MR) is 95.0 cm³/mol. The van der Waals surface area contributed by atoms with E-state index >= 15 is 0 Å². The quantitative estimate of drug-likeness (QED) is 0.810. The number of rotatable bonds is 8. The lowest BCUT2D eigenvalue weighted by atomic mass is 10.0. The third kappa shape index (κ3) is 4.79. The molecule has 0 aliphatic carbocycles. The van der Waals surface area contributed by atoms with Crippen LogP contribution in [-0.4, -0.2) is 40.8 Å². The fourth-order valence-electron chi connectivity index (χ4n) is 3.44. The van der Waals surface area contributed by atoms with Gasteiger partial charge in [-0.1, -0.05) is 12.1 Å². The Bertz CT molecular complexity index is 618. The van der Waals surface area contributed by atoms with Crippen LogP contribution in [0.5, 0.6) is 5.75 Å². The van der Waals surface area contributed by atoms with Gasteiger partial charge in [-0.25, -0.2) is 0 Å². The largest absolute Gasteiger partial charge is 0.491 e. The van der Waals surface area contributed by atoms with Crippen LogP contribution in [0, 0.1) is 0 Å². The van der Waals surface area contributed by atoms with Crippen LogP contribution in [0.2, 0.25) is 0 Å². The van der Waals surface area contributed by atoms with E-state index in [1.165, 1.54) is 36.9 Å². The molecule has 0 radical (unpaired) electrons. The fourth-order valence-corrected chi connectivity index (χ4v) is 3.44. The summed E-state index contributed by atoms with van der Waals surface area (Å²) in [5.74, 6) is 0.842. The molecule has 2 heterocycles. The minimum absolute atomic E-state index is 0.0490. The summed E-state index contributed by atoms with van der Waals surface area (Å²) < 4.78 is 5.52. The highest BCUT2D eigenvalue weighted by Crippen LogP contribution is 2.25. The molecule has 1 aliphatic rings. The van der Waals surface area contributed by atoms with E-state index in [2.05, 4.69) is 34.1 Å². The van der Waals surface area contributed by atoms with Gasteiger partial charge in [-0.2, -0.15) is 0 Å². The van der Waals surface area contributed by atoms with Crippen molar-refractivity contribution in [3.8, 4) is 5.75 Å². The standard InChI is InChI=1S/C20H26N2O2/c23-13-14-24-20-5-1-3-18(15-20)16-22-12-2-4-19(22)7-6-17-8-10-21-11-9-17/h1,3,5,8-11,15,19,23H,2,4,6-7,12-14,16H2. The first-order valence-corrected chi connectivity index (χ1v) is 8.81. The summed E-state index contributed by atoms with van der Waals surface area (Å²) in [4.78, 5) is 6.68. The molecule has 1 atom stereocenters. The second-order valence-electron chi connectivity index (χ2n) is 6.38. The molecule has 2 aromatic rings. The minimum atomic E-state index is 0.0490. The van der Waals surface area contributed by atoms with Gasteiger partial charge in [0.15, 0.2) is 0 Å². The van der Waals surface area contributed by atoms with Crippen LogP contribution in [-0.2, 0) is 13.0 Å². The molecule has 128 valence electrons. The average molecular weight is 326 g/mol. The molecule has 1 saturated heterocycles. The maximum Gasteiger partial charge on any atom is 0.119 e. The Hall–Kier alpha value is -1.91. The van der Waals surface area contributed by atoms with Gasteiger partial charge in [-0.3, -0.25) is 9.88 Å². The van der Waals surface area contributed by atoms with Crippen LogP contribution < -0.4 is 4.74 Å². The van der Waals surface area contributed by atoms with Gasteiger partial charge in [0.1, 0.15) is 12.4 Å². The molecule has 0 saturated carbocycles. The number of nitrogens with zero attached hydrogens (tertiary/aromatic N) is 2. The monoisotopic (exact) mass is 326 g/mol. The van der Waals surface area contributed by atoms with E-state index in [-0.39, 0.29) is 6.61 Å². The molecule has 1 aromatic heterocycles. The number of pyridine rings is 1. The van der Waals surface area contributed by atoms with Crippen molar-refractivity contribution in [2.75, 3.05) is 19.8 Å². The van der Waals surface area contributed by atoms with Gasteiger partial charge in [0, 0.05) is 25.0 Å². The van der Waals surface area contributed by atoms with Gasteiger partial charge in [0.25, 0.3) is 0 Å². The van der Waals surface area contributed by atoms with Gasteiger partial charge < -0.3 is 9.84 Å². The van der Waals surface area contributed by atoms with E-state index in [1.54, 1.807) is 0 Å². The second kappa shape index (κ2) is 8.81. The van der Waals surface area contributed by atoms with Crippen molar-refractivity contribution in [3.63, 3.8) is 0 Å². The molecule has 0 bridgehead atoms. The molecule has 0 spiro atoms. The summed E-state index contributed by atoms with van der Waals surface area (Å²) in [5, 5.41) is 8.88. The zero-order valence-corrected chi connectivity index (χ0v) is 14.1. The highest BCUT2D eigenvalue weighted by Gasteiger charge is 2.24. The van der Waals surface area contributed by atoms with Crippen LogP contribution in [0.3, 0.4) is 0 Å². The predicted octanol–water partition coefficient (Wildman–Crippen LogP) is 3.05. The highest BCUT2D eigenvalue weighted by molar-refractivity contribution is 5.28. The van der Waals surface area contributed by atoms with Gasteiger partial charge >= 0.3 is 0 Å². The number of likely N-dealkylation sites (tertiary alicyclic amines) is 1. The van der Waals surface area contributed by atoms with Crippen LogP contribution in [0.15, 0.2) is 48.8 Å². The normalized spacial score (nSPS) is 18.0. The molecule has 4 nitrogen and oxygen atoms in total. The smallest absolute Gasteiger partial charge is 0.119 e. The second-order valence-corrected chi connectivity index (χ2v) is 6.38. The van der Waals surface area contributed by atoms with Gasteiger partial charge in [-0.15, -0.1) is 0 Å². The number of ether oxygens (including phenoxy) is 1. The van der Waals surface area contributed by atoms with Crippen LogP contribution in [0.25, 0.3) is 0 Å². The van der Waals surface area contributed by atoms with Crippen molar-refractivity contribution in [1.29, 1.82) is 0 Å². The summed E-state index contributed by atoms with van der Waals surface area (Å²) in [6.45, 7) is 2.54. The SMILES string of the molecule is OCCOc1cccc(CN2CCCC2CCc2ccncc2)c1. The van der Waals surface area contributed by atoms with Gasteiger partial charge in [-0.05, 0) is 67.6 Å². The van der Waals surface area contributed by atoms with E-state index in [0.29, 0.717) is 12.6 Å². The number of hydrogen-bond donors (Lipinski definition) is 1. The lowest BCUT2D eigenvalue weighted by molar-refractivity contribution is 0.200. The Morgan fingerprint density at radius 3 is 2.88 bits per heavy atom. The lowest BCUT2D eigenvalue weighted by Gasteiger charge is -2.24. The number of hydrogen-bond acceptors (Lipinski definition) is 4. The summed E-state index contributed by atoms with van der Waals surface area (Å²) >= 11 is 0. The van der Waals surface area contributed by atoms with Crippen molar-refractivity contribution in [3.05, 3.63) is 59.9 Å². The first kappa shape index (κ1) is 16.9. The van der Waals surface area contributed by atoms with E-state index in [9.17, 15) is 0 Å². The van der Waals surface area contributed by atoms with Crippen molar-refractivity contribution < 1.29 is 9.84 Å². The average Bonchev–Trinajstić information content (AvgIpc) is 3.06. The number of benzene rings is 1. The molecule has 1 aliphatic heterocycles. The van der Waals surface area contributed by atoms with Gasteiger partial charge in [0.05, 0.1) is 6.61 Å². The molecule has 24 heavy (non-hydrogen) atoms. The molecule has 4 heteroatoms. The zero-order chi connectivity index (χ0) is 16.6. The number of aromatic nitrogens is 1. The number of aliphatic hydroxyl groups excluding tert-OH is 1. The molecule has 1 unspecified atom stereocenters. The van der Waals surface area contributed by atoms with Crippen molar-refractivity contribution in [1.82, 2.24) is 9.88 Å². The zero-order valence-electron chi connectivity index (χ0n) is 14.1. The van der Waals surface area contributed by atoms with Crippen LogP contribution >= 0.6 is 0 Å². The topological polar surface area (TPSA) is 45.6 Å². The molecular weight excluding hydrogens is 300 g/mol. The first-order chi connectivity index (χ1) is 11.8. The molecule has 1 aromatic carbocycles. The maximum atomic E-state index is 8.88. The Morgan fingerprint density at radius 2 is 2.04 bits per heavy atom. The maximum absolute atomic E-state index is 8.88. The van der Waals surface area contributed by atoms with E-state index in [0.717, 1.165) is 18.7 Å². The Kier molecular flexibility index (Phi) is 6.21. The molecule has 0 amide bonds. The third-order valence-corrected chi connectivity index (χ3v) is 4.66. The molecule has 1 N–H and O–H groups in total. The van der Waals surface area contributed by atoms with E-state index < -0.39 is 0 Å². The summed E-state index contributed by atoms with van der Waals surface area (Å²) in [5.41, 5.74) is 2.65. The first-order valence-electron chi connectivity index (χ1n) is 8.81. The Morgan fingerprint density at radius 1 is 1.17 bits per heavy atom. The van der Waals surface area contributed by atoms with Crippen molar-refractivity contribution in [2.45, 2.75) is 38.3 Å². The molecular formula is C20H26N2O2. The summed E-state index contributed by atoms with van der Waals surface area (Å²) in [6.07, 6.45) is 8.63. The Labute approximate surface area is 144 Å². The molecule has 3 rings (SSSR count). The summed E-state index contributed by atoms with van der Waals surface area (Å²) in [7, 11) is 0. The third-order valence-electron chi connectivity index (χ3n) is 4.66. The van der Waals surface area contributed by atoms with Crippen LogP contribution in [0.4, 0.5) is 0 Å². The van der Waals surface area contributed by atoms with E-state index in [4.69, 9.17) is 9.84 Å². The fraction of sp³-hybridized carbons (Fsp3) is 0.450. The number of aryl methyl sites for hydroxylation is 1. The lowest BCUT2D eigenvalue weighted by Crippen LogP contribution is -2.29. The highest BCUT2D eigenvalue weighted by atomic mass is 16.5.